The van der Waals surface area contributed by atoms with Crippen molar-refractivity contribution in [3.63, 3.8) is 0 Å². The molecule has 3 nitrogen and oxygen atoms in total. The topological polar surface area (TPSA) is 41.1 Å². The van der Waals surface area contributed by atoms with E-state index in [0.717, 1.165) is 5.56 Å². The average Bonchev–Trinajstić information content (AvgIpc) is 2.52. The second-order valence-corrected chi connectivity index (χ2v) is 4.79. The van der Waals surface area contributed by atoms with Crippen molar-refractivity contribution in [3.8, 4) is 0 Å². The molecule has 0 aliphatic rings. The van der Waals surface area contributed by atoms with E-state index in [1.807, 2.05) is 67.6 Å². The molecule has 0 radical (unpaired) electrons. The Morgan fingerprint density at radius 3 is 1.95 bits per heavy atom. The smallest absolute Gasteiger partial charge is 0.237 e. The number of rotatable bonds is 6. The van der Waals surface area contributed by atoms with Crippen molar-refractivity contribution in [3.05, 3.63) is 71.8 Å². The standard InChI is InChI=1S/C17H20N2O/c1-14(18-12-15-8-4-2-5-9-15)17(20)19-13-16-10-6-3-7-11-16/h2-11,14,18H,12-13H2,1H3,(H,19,20)/t14-/m1/s1. The Kier molecular flexibility index (Phi) is 5.33. The second-order valence-electron chi connectivity index (χ2n) is 4.79. The van der Waals surface area contributed by atoms with Crippen LogP contribution in [0.4, 0.5) is 0 Å². The molecular formula is C17H20N2O. The summed E-state index contributed by atoms with van der Waals surface area (Å²) < 4.78 is 0. The number of hydrogen-bond acceptors (Lipinski definition) is 2. The van der Waals surface area contributed by atoms with Crippen LogP contribution in [0.25, 0.3) is 0 Å². The average molecular weight is 268 g/mol. The molecule has 1 atom stereocenters. The van der Waals surface area contributed by atoms with Crippen LogP contribution in [0.3, 0.4) is 0 Å². The van der Waals surface area contributed by atoms with Crippen LogP contribution in [-0.2, 0) is 17.9 Å². The molecule has 2 rings (SSSR count). The summed E-state index contributed by atoms with van der Waals surface area (Å²) in [6.07, 6.45) is 0. The van der Waals surface area contributed by atoms with E-state index < -0.39 is 0 Å². The Hall–Kier alpha value is -2.13. The summed E-state index contributed by atoms with van der Waals surface area (Å²) in [6.45, 7) is 3.14. The van der Waals surface area contributed by atoms with Crippen molar-refractivity contribution < 1.29 is 4.79 Å². The normalized spacial score (nSPS) is 11.8. The van der Waals surface area contributed by atoms with Crippen LogP contribution in [-0.4, -0.2) is 11.9 Å². The fourth-order valence-corrected chi connectivity index (χ4v) is 1.90. The molecule has 3 heteroatoms. The third-order valence-electron chi connectivity index (χ3n) is 3.16. The quantitative estimate of drug-likeness (QED) is 0.845. The van der Waals surface area contributed by atoms with Crippen LogP contribution in [0, 0.1) is 0 Å². The van der Waals surface area contributed by atoms with Gasteiger partial charge < -0.3 is 10.6 Å². The fraction of sp³-hybridized carbons (Fsp3) is 0.235. The monoisotopic (exact) mass is 268 g/mol. The maximum Gasteiger partial charge on any atom is 0.237 e. The summed E-state index contributed by atoms with van der Waals surface area (Å²) >= 11 is 0. The molecule has 2 N–H and O–H groups in total. The van der Waals surface area contributed by atoms with E-state index in [2.05, 4.69) is 10.6 Å². The number of nitrogens with one attached hydrogen (secondary N) is 2. The molecular weight excluding hydrogens is 248 g/mol. The van der Waals surface area contributed by atoms with Gasteiger partial charge in [0.2, 0.25) is 5.91 Å². The summed E-state index contributed by atoms with van der Waals surface area (Å²) in [5.41, 5.74) is 2.28. The predicted molar refractivity (Wildman–Crippen MR) is 81.0 cm³/mol. The highest BCUT2D eigenvalue weighted by atomic mass is 16.2. The van der Waals surface area contributed by atoms with Gasteiger partial charge in [-0.05, 0) is 18.1 Å². The highest BCUT2D eigenvalue weighted by Crippen LogP contribution is 1.99. The Morgan fingerprint density at radius 2 is 1.40 bits per heavy atom. The van der Waals surface area contributed by atoms with Crippen LogP contribution >= 0.6 is 0 Å². The van der Waals surface area contributed by atoms with Gasteiger partial charge in [0.25, 0.3) is 0 Å². The van der Waals surface area contributed by atoms with E-state index in [1.165, 1.54) is 5.56 Å². The first-order valence-corrected chi connectivity index (χ1v) is 6.84. The van der Waals surface area contributed by atoms with Gasteiger partial charge in [-0.3, -0.25) is 4.79 Å². The van der Waals surface area contributed by atoms with E-state index in [1.54, 1.807) is 0 Å². The van der Waals surface area contributed by atoms with Gasteiger partial charge in [0.15, 0.2) is 0 Å². The number of carbonyl (C=O) groups excluding carboxylic acids is 1. The molecule has 0 spiro atoms. The SMILES string of the molecule is C[C@@H](NCc1ccccc1)C(=O)NCc1ccccc1. The molecule has 0 aliphatic carbocycles. The number of carbonyl (C=O) groups is 1. The van der Waals surface area contributed by atoms with E-state index >= 15 is 0 Å². The Labute approximate surface area is 120 Å². The zero-order valence-corrected chi connectivity index (χ0v) is 11.7. The summed E-state index contributed by atoms with van der Waals surface area (Å²) in [5, 5.41) is 6.16. The Morgan fingerprint density at radius 1 is 0.900 bits per heavy atom. The lowest BCUT2D eigenvalue weighted by molar-refractivity contribution is -0.122. The first kappa shape index (κ1) is 14.3. The van der Waals surface area contributed by atoms with Gasteiger partial charge in [-0.1, -0.05) is 60.7 Å². The van der Waals surface area contributed by atoms with Gasteiger partial charge in [-0.25, -0.2) is 0 Å². The van der Waals surface area contributed by atoms with Gasteiger partial charge in [0.1, 0.15) is 0 Å². The Balaban J connectivity index is 1.75. The van der Waals surface area contributed by atoms with Crippen molar-refractivity contribution >= 4 is 5.91 Å². The molecule has 0 bridgehead atoms. The molecule has 0 saturated heterocycles. The van der Waals surface area contributed by atoms with E-state index in [-0.39, 0.29) is 11.9 Å². The molecule has 1 amide bonds. The number of hydrogen-bond donors (Lipinski definition) is 2. The minimum absolute atomic E-state index is 0.0183. The third-order valence-corrected chi connectivity index (χ3v) is 3.16. The Bertz CT molecular complexity index is 525. The molecule has 0 unspecified atom stereocenters. The van der Waals surface area contributed by atoms with Crippen LogP contribution in [0.2, 0.25) is 0 Å². The summed E-state index contributed by atoms with van der Waals surface area (Å²) in [4.78, 5) is 12.0. The maximum absolute atomic E-state index is 12.0. The second kappa shape index (κ2) is 7.46. The largest absolute Gasteiger partial charge is 0.351 e. The lowest BCUT2D eigenvalue weighted by Crippen LogP contribution is -2.41. The first-order chi connectivity index (χ1) is 9.75. The zero-order valence-electron chi connectivity index (χ0n) is 11.7. The van der Waals surface area contributed by atoms with Crippen LogP contribution < -0.4 is 10.6 Å². The van der Waals surface area contributed by atoms with Crippen molar-refractivity contribution in [2.75, 3.05) is 0 Å². The molecule has 0 aliphatic heterocycles. The van der Waals surface area contributed by atoms with Crippen molar-refractivity contribution in [2.45, 2.75) is 26.1 Å². The highest BCUT2D eigenvalue weighted by Gasteiger charge is 2.11. The van der Waals surface area contributed by atoms with Crippen molar-refractivity contribution in [1.29, 1.82) is 0 Å². The minimum Gasteiger partial charge on any atom is -0.351 e. The van der Waals surface area contributed by atoms with Gasteiger partial charge in [0, 0.05) is 13.1 Å². The fourth-order valence-electron chi connectivity index (χ4n) is 1.90. The predicted octanol–water partition coefficient (Wildman–Crippen LogP) is 2.48. The maximum atomic E-state index is 12.0. The molecule has 104 valence electrons. The zero-order chi connectivity index (χ0) is 14.2. The van der Waals surface area contributed by atoms with Crippen molar-refractivity contribution in [2.24, 2.45) is 0 Å². The van der Waals surface area contributed by atoms with Gasteiger partial charge in [-0.15, -0.1) is 0 Å². The summed E-state index contributed by atoms with van der Waals surface area (Å²) in [7, 11) is 0. The van der Waals surface area contributed by atoms with E-state index in [9.17, 15) is 4.79 Å². The molecule has 0 fully saturated rings. The van der Waals surface area contributed by atoms with Crippen LogP contribution in [0.5, 0.6) is 0 Å². The number of benzene rings is 2. The van der Waals surface area contributed by atoms with Gasteiger partial charge >= 0.3 is 0 Å². The van der Waals surface area contributed by atoms with Gasteiger partial charge in [0.05, 0.1) is 6.04 Å². The number of amides is 1. The third kappa shape index (κ3) is 4.52. The molecule has 2 aromatic rings. The molecule has 0 saturated carbocycles. The van der Waals surface area contributed by atoms with Gasteiger partial charge in [-0.2, -0.15) is 0 Å². The highest BCUT2D eigenvalue weighted by molar-refractivity contribution is 5.81. The van der Waals surface area contributed by atoms with E-state index in [0.29, 0.717) is 13.1 Å². The van der Waals surface area contributed by atoms with Crippen LogP contribution in [0.15, 0.2) is 60.7 Å². The van der Waals surface area contributed by atoms with Crippen LogP contribution in [0.1, 0.15) is 18.1 Å². The summed E-state index contributed by atoms with van der Waals surface area (Å²) in [5.74, 6) is 0.0183. The first-order valence-electron chi connectivity index (χ1n) is 6.84. The minimum atomic E-state index is -0.209. The molecule has 20 heavy (non-hydrogen) atoms. The summed E-state index contributed by atoms with van der Waals surface area (Å²) in [6, 6.07) is 19.8. The lowest BCUT2D eigenvalue weighted by atomic mass is 10.2. The van der Waals surface area contributed by atoms with E-state index in [4.69, 9.17) is 0 Å². The lowest BCUT2D eigenvalue weighted by Gasteiger charge is -2.14. The molecule has 2 aromatic carbocycles. The molecule has 0 heterocycles. The van der Waals surface area contributed by atoms with Crippen molar-refractivity contribution in [1.82, 2.24) is 10.6 Å². The molecule has 0 aromatic heterocycles.